The molecule has 3 rings (SSSR count). The number of hydrogen-bond donors (Lipinski definition) is 1. The lowest BCUT2D eigenvalue weighted by molar-refractivity contribution is 0.153. The lowest BCUT2D eigenvalue weighted by atomic mass is 9.91. The van der Waals surface area contributed by atoms with Crippen LogP contribution in [0.15, 0.2) is 36.4 Å². The Morgan fingerprint density at radius 2 is 2.09 bits per heavy atom. The second kappa shape index (κ2) is 6.67. The van der Waals surface area contributed by atoms with Crippen molar-refractivity contribution in [1.82, 2.24) is 4.90 Å². The van der Waals surface area contributed by atoms with Gasteiger partial charge in [0.2, 0.25) is 0 Å². The number of piperidine rings is 1. The third kappa shape index (κ3) is 3.11. The molecule has 2 unspecified atom stereocenters. The molecule has 2 aromatic carbocycles. The van der Waals surface area contributed by atoms with Crippen LogP contribution < -0.4 is 10.5 Å². The van der Waals surface area contributed by atoms with E-state index in [9.17, 15) is 0 Å². The van der Waals surface area contributed by atoms with Crippen LogP contribution in [0.25, 0.3) is 10.8 Å². The van der Waals surface area contributed by atoms with Crippen LogP contribution in [0, 0.1) is 5.92 Å². The lowest BCUT2D eigenvalue weighted by Gasteiger charge is -2.35. The van der Waals surface area contributed by atoms with Crippen LogP contribution in [0.1, 0.15) is 25.3 Å². The van der Waals surface area contributed by atoms with Crippen LogP contribution in [0.2, 0.25) is 0 Å². The number of methoxy groups -OCH3 is 1. The summed E-state index contributed by atoms with van der Waals surface area (Å²) in [4.78, 5) is 2.53. The second-order valence-corrected chi connectivity index (χ2v) is 6.46. The van der Waals surface area contributed by atoms with Gasteiger partial charge in [-0.2, -0.15) is 0 Å². The molecule has 0 amide bonds. The van der Waals surface area contributed by atoms with Crippen molar-refractivity contribution in [3.8, 4) is 5.75 Å². The number of nitrogens with zero attached hydrogens (tertiary/aromatic N) is 1. The first-order valence-electron chi connectivity index (χ1n) is 8.21. The summed E-state index contributed by atoms with van der Waals surface area (Å²) in [6.45, 7) is 5.31. The van der Waals surface area contributed by atoms with Gasteiger partial charge < -0.3 is 10.5 Å². The maximum absolute atomic E-state index is 6.12. The molecule has 0 aromatic heterocycles. The summed E-state index contributed by atoms with van der Waals surface area (Å²) in [7, 11) is 1.76. The van der Waals surface area contributed by atoms with Gasteiger partial charge >= 0.3 is 0 Å². The van der Waals surface area contributed by atoms with Gasteiger partial charge in [0.25, 0.3) is 0 Å². The minimum absolute atomic E-state index is 0.275. The first-order valence-corrected chi connectivity index (χ1v) is 8.21. The lowest BCUT2D eigenvalue weighted by Crippen LogP contribution is -2.42. The molecule has 118 valence electrons. The molecule has 0 saturated carbocycles. The molecule has 1 aliphatic rings. The van der Waals surface area contributed by atoms with E-state index in [4.69, 9.17) is 10.5 Å². The Morgan fingerprint density at radius 1 is 1.27 bits per heavy atom. The van der Waals surface area contributed by atoms with Gasteiger partial charge in [-0.3, -0.25) is 4.90 Å². The smallest absolute Gasteiger partial charge is 0.123 e. The molecule has 0 bridgehead atoms. The molecule has 2 aromatic rings. The van der Waals surface area contributed by atoms with Crippen molar-refractivity contribution >= 4 is 10.8 Å². The van der Waals surface area contributed by atoms with Gasteiger partial charge in [-0.1, -0.05) is 30.3 Å². The largest absolute Gasteiger partial charge is 0.496 e. The normalized spacial score (nSPS) is 21.0. The highest BCUT2D eigenvalue weighted by Gasteiger charge is 2.23. The number of likely N-dealkylation sites (tertiary alicyclic amines) is 1. The number of ether oxygens (including phenoxy) is 1. The van der Waals surface area contributed by atoms with Crippen LogP contribution in [0.4, 0.5) is 0 Å². The Balaban J connectivity index is 1.89. The third-order valence-electron chi connectivity index (χ3n) is 4.88. The van der Waals surface area contributed by atoms with E-state index >= 15 is 0 Å². The summed E-state index contributed by atoms with van der Waals surface area (Å²) >= 11 is 0. The predicted octanol–water partition coefficient (Wildman–Crippen LogP) is 3.41. The van der Waals surface area contributed by atoms with Gasteiger partial charge in [0, 0.05) is 24.7 Å². The van der Waals surface area contributed by atoms with Crippen molar-refractivity contribution < 1.29 is 4.74 Å². The predicted molar refractivity (Wildman–Crippen MR) is 92.2 cm³/mol. The van der Waals surface area contributed by atoms with Gasteiger partial charge in [-0.25, -0.2) is 0 Å². The molecule has 3 heteroatoms. The Morgan fingerprint density at radius 3 is 2.86 bits per heavy atom. The molecule has 1 heterocycles. The third-order valence-corrected chi connectivity index (χ3v) is 4.88. The molecule has 1 saturated heterocycles. The molecular formula is C19H26N2O. The van der Waals surface area contributed by atoms with Crippen molar-refractivity contribution in [2.45, 2.75) is 32.4 Å². The first-order chi connectivity index (χ1) is 10.7. The quantitative estimate of drug-likeness (QED) is 0.940. The fourth-order valence-corrected chi connectivity index (χ4v) is 3.56. The number of benzene rings is 2. The molecule has 3 nitrogen and oxygen atoms in total. The van der Waals surface area contributed by atoms with Crippen molar-refractivity contribution in [3.05, 3.63) is 42.0 Å². The van der Waals surface area contributed by atoms with Gasteiger partial charge in [-0.05, 0) is 49.1 Å². The summed E-state index contributed by atoms with van der Waals surface area (Å²) in [6, 6.07) is 13.1. The molecule has 22 heavy (non-hydrogen) atoms. The van der Waals surface area contributed by atoms with Crippen molar-refractivity contribution in [2.75, 3.05) is 20.2 Å². The van der Waals surface area contributed by atoms with Gasteiger partial charge in [0.05, 0.1) is 7.11 Å². The van der Waals surface area contributed by atoms with Gasteiger partial charge in [0.15, 0.2) is 0 Å². The van der Waals surface area contributed by atoms with E-state index in [-0.39, 0.29) is 6.04 Å². The van der Waals surface area contributed by atoms with E-state index in [0.717, 1.165) is 25.4 Å². The Labute approximate surface area is 133 Å². The van der Waals surface area contributed by atoms with Crippen molar-refractivity contribution in [3.63, 3.8) is 0 Å². The van der Waals surface area contributed by atoms with Crippen molar-refractivity contribution in [2.24, 2.45) is 11.7 Å². The monoisotopic (exact) mass is 298 g/mol. The summed E-state index contributed by atoms with van der Waals surface area (Å²) in [5.74, 6) is 1.59. The highest BCUT2D eigenvalue weighted by molar-refractivity contribution is 5.87. The average molecular weight is 298 g/mol. The number of hydrogen-bond acceptors (Lipinski definition) is 3. The van der Waals surface area contributed by atoms with E-state index in [1.165, 1.54) is 29.2 Å². The minimum Gasteiger partial charge on any atom is -0.496 e. The maximum atomic E-state index is 6.12. The molecule has 2 atom stereocenters. The van der Waals surface area contributed by atoms with Crippen LogP contribution in [-0.2, 0) is 6.54 Å². The number of fused-ring (bicyclic) bond motifs is 1. The van der Waals surface area contributed by atoms with E-state index in [2.05, 4.69) is 48.2 Å². The molecule has 1 aliphatic heterocycles. The van der Waals surface area contributed by atoms with Gasteiger partial charge in [-0.15, -0.1) is 0 Å². The highest BCUT2D eigenvalue weighted by Crippen LogP contribution is 2.30. The van der Waals surface area contributed by atoms with Crippen molar-refractivity contribution in [1.29, 1.82) is 0 Å². The zero-order valence-electron chi connectivity index (χ0n) is 13.6. The fourth-order valence-electron chi connectivity index (χ4n) is 3.56. The Kier molecular flexibility index (Phi) is 4.65. The average Bonchev–Trinajstić information content (AvgIpc) is 2.55. The molecular weight excluding hydrogens is 272 g/mol. The van der Waals surface area contributed by atoms with Crippen LogP contribution in [0.3, 0.4) is 0 Å². The standard InChI is InChI=1S/C19H26N2O/c1-14(20)16-7-5-11-21(12-16)13-18-17-8-4-3-6-15(17)9-10-19(18)22-2/h3-4,6,8-10,14,16H,5,7,11-13,20H2,1-2H3. The highest BCUT2D eigenvalue weighted by atomic mass is 16.5. The Hall–Kier alpha value is -1.58. The molecule has 0 radical (unpaired) electrons. The second-order valence-electron chi connectivity index (χ2n) is 6.46. The topological polar surface area (TPSA) is 38.5 Å². The SMILES string of the molecule is COc1ccc2ccccc2c1CN1CCCC(C(C)N)C1. The minimum atomic E-state index is 0.275. The first kappa shape index (κ1) is 15.3. The molecule has 1 fully saturated rings. The van der Waals surface area contributed by atoms with E-state index in [1.54, 1.807) is 7.11 Å². The maximum Gasteiger partial charge on any atom is 0.123 e. The number of nitrogens with two attached hydrogens (primary N) is 1. The van der Waals surface area contributed by atoms with E-state index in [0.29, 0.717) is 5.92 Å². The summed E-state index contributed by atoms with van der Waals surface area (Å²) < 4.78 is 5.62. The summed E-state index contributed by atoms with van der Waals surface area (Å²) in [6.07, 6.45) is 2.49. The van der Waals surface area contributed by atoms with Crippen LogP contribution >= 0.6 is 0 Å². The van der Waals surface area contributed by atoms with Gasteiger partial charge in [0.1, 0.15) is 5.75 Å². The zero-order chi connectivity index (χ0) is 15.5. The number of rotatable bonds is 4. The Bertz CT molecular complexity index is 638. The fraction of sp³-hybridized carbons (Fsp3) is 0.474. The zero-order valence-corrected chi connectivity index (χ0v) is 13.6. The molecule has 2 N–H and O–H groups in total. The van der Waals surface area contributed by atoms with Crippen LogP contribution in [-0.4, -0.2) is 31.1 Å². The summed E-state index contributed by atoms with van der Waals surface area (Å²) in [5.41, 5.74) is 7.42. The van der Waals surface area contributed by atoms with E-state index in [1.807, 2.05) is 0 Å². The van der Waals surface area contributed by atoms with Crippen LogP contribution in [0.5, 0.6) is 5.75 Å². The molecule has 0 spiro atoms. The van der Waals surface area contributed by atoms with E-state index < -0.39 is 0 Å². The molecule has 0 aliphatic carbocycles. The summed E-state index contributed by atoms with van der Waals surface area (Å²) in [5, 5.41) is 2.57.